The van der Waals surface area contributed by atoms with Crippen molar-refractivity contribution >= 4 is 61.8 Å². The van der Waals surface area contributed by atoms with Crippen molar-refractivity contribution in [2.45, 2.75) is 6.42 Å². The first-order chi connectivity index (χ1) is 10.1. The van der Waals surface area contributed by atoms with Crippen LogP contribution in [-0.2, 0) is 6.42 Å². The summed E-state index contributed by atoms with van der Waals surface area (Å²) in [6, 6.07) is 11.3. The zero-order valence-corrected chi connectivity index (χ0v) is 14.6. The highest BCUT2D eigenvalue weighted by Gasteiger charge is 2.15. The Kier molecular flexibility index (Phi) is 4.46. The number of halogens is 4. The van der Waals surface area contributed by atoms with Crippen LogP contribution in [0.2, 0.25) is 10.0 Å². The Morgan fingerprint density at radius 2 is 1.90 bits per heavy atom. The van der Waals surface area contributed by atoms with E-state index in [9.17, 15) is 0 Å². The molecule has 0 aliphatic heterocycles. The third-order valence-corrected chi connectivity index (χ3v) is 4.39. The Balaban J connectivity index is 2.33. The molecule has 3 aromatic rings. The first-order valence-corrected chi connectivity index (χ1v) is 8.37. The monoisotopic (exact) mass is 402 g/mol. The number of hydrogen-bond acceptors (Lipinski definition) is 1. The first kappa shape index (κ1) is 15.2. The Morgan fingerprint density at radius 3 is 2.67 bits per heavy atom. The van der Waals surface area contributed by atoms with E-state index in [1.54, 1.807) is 12.1 Å². The van der Waals surface area contributed by atoms with E-state index in [1.165, 1.54) is 0 Å². The first-order valence-electron chi connectivity index (χ1n) is 6.28. The SMILES string of the molecule is ClCCc1nc2cc(Br)ccc2n1-c1cc(Cl)ccc1Cl. The van der Waals surface area contributed by atoms with Gasteiger partial charge in [-0.2, -0.15) is 0 Å². The standard InChI is InChI=1S/C15H10BrCl3N2/c16-9-1-4-13-12(7-9)20-15(5-6-17)21(13)14-8-10(18)2-3-11(14)19/h1-4,7-8H,5-6H2. The van der Waals surface area contributed by atoms with E-state index in [2.05, 4.69) is 20.9 Å². The molecule has 0 atom stereocenters. The maximum atomic E-state index is 6.34. The predicted octanol–water partition coefficient (Wildman–Crippen LogP) is 5.88. The van der Waals surface area contributed by atoms with Crippen molar-refractivity contribution in [3.05, 3.63) is 56.7 Å². The van der Waals surface area contributed by atoms with Crippen molar-refractivity contribution in [2.24, 2.45) is 0 Å². The maximum absolute atomic E-state index is 6.34. The molecule has 1 aromatic heterocycles. The summed E-state index contributed by atoms with van der Waals surface area (Å²) >= 11 is 21.8. The second kappa shape index (κ2) is 6.17. The molecule has 0 bridgehead atoms. The van der Waals surface area contributed by atoms with Crippen molar-refractivity contribution in [3.8, 4) is 5.69 Å². The number of imidazole rings is 1. The molecule has 0 saturated heterocycles. The maximum Gasteiger partial charge on any atom is 0.115 e. The van der Waals surface area contributed by atoms with Gasteiger partial charge in [-0.25, -0.2) is 4.98 Å². The van der Waals surface area contributed by atoms with Gasteiger partial charge in [-0.15, -0.1) is 11.6 Å². The van der Waals surface area contributed by atoms with Crippen molar-refractivity contribution in [1.82, 2.24) is 9.55 Å². The van der Waals surface area contributed by atoms with Gasteiger partial charge >= 0.3 is 0 Å². The largest absolute Gasteiger partial charge is 0.295 e. The van der Waals surface area contributed by atoms with Gasteiger partial charge in [0.1, 0.15) is 5.82 Å². The van der Waals surface area contributed by atoms with Crippen LogP contribution in [0, 0.1) is 0 Å². The summed E-state index contributed by atoms with van der Waals surface area (Å²) < 4.78 is 2.99. The van der Waals surface area contributed by atoms with Crippen LogP contribution in [-0.4, -0.2) is 15.4 Å². The van der Waals surface area contributed by atoms with Gasteiger partial charge in [-0.1, -0.05) is 39.1 Å². The number of nitrogens with zero attached hydrogens (tertiary/aromatic N) is 2. The molecule has 1 heterocycles. The van der Waals surface area contributed by atoms with Gasteiger partial charge in [0, 0.05) is 21.8 Å². The Bertz CT molecular complexity index is 814. The Morgan fingerprint density at radius 1 is 1.10 bits per heavy atom. The minimum atomic E-state index is 0.489. The summed E-state index contributed by atoms with van der Waals surface area (Å²) in [6.07, 6.45) is 0.650. The van der Waals surface area contributed by atoms with Gasteiger partial charge in [-0.05, 0) is 36.4 Å². The molecule has 2 nitrogen and oxygen atoms in total. The lowest BCUT2D eigenvalue weighted by Crippen LogP contribution is -2.03. The lowest BCUT2D eigenvalue weighted by Gasteiger charge is -2.11. The molecule has 0 radical (unpaired) electrons. The number of benzene rings is 2. The topological polar surface area (TPSA) is 17.8 Å². The third-order valence-electron chi connectivity index (χ3n) is 3.15. The molecule has 108 valence electrons. The molecule has 0 unspecified atom stereocenters. The lowest BCUT2D eigenvalue weighted by molar-refractivity contribution is 0.912. The van der Waals surface area contributed by atoms with Crippen molar-refractivity contribution < 1.29 is 0 Å². The highest BCUT2D eigenvalue weighted by atomic mass is 79.9. The molecule has 0 spiro atoms. The fraction of sp³-hybridized carbons (Fsp3) is 0.133. The molecular weight excluding hydrogens is 394 g/mol. The fourth-order valence-electron chi connectivity index (χ4n) is 2.28. The molecule has 6 heteroatoms. The summed E-state index contributed by atoms with van der Waals surface area (Å²) in [6.45, 7) is 0. The van der Waals surface area contributed by atoms with Crippen molar-refractivity contribution in [2.75, 3.05) is 5.88 Å². The molecular formula is C15H10BrCl3N2. The third kappa shape index (κ3) is 2.93. The second-order valence-corrected chi connectivity index (χ2v) is 6.67. The van der Waals surface area contributed by atoms with Crippen LogP contribution in [0.3, 0.4) is 0 Å². The molecule has 3 rings (SSSR count). The number of rotatable bonds is 3. The predicted molar refractivity (Wildman–Crippen MR) is 93.2 cm³/mol. The summed E-state index contributed by atoms with van der Waals surface area (Å²) in [5, 5.41) is 1.25. The fourth-order valence-corrected chi connectivity index (χ4v) is 3.17. The van der Waals surface area contributed by atoms with Crippen LogP contribution in [0.1, 0.15) is 5.82 Å². The number of aromatic nitrogens is 2. The lowest BCUT2D eigenvalue weighted by atomic mass is 10.2. The van der Waals surface area contributed by atoms with Crippen LogP contribution in [0.15, 0.2) is 40.9 Å². The highest BCUT2D eigenvalue weighted by Crippen LogP contribution is 2.30. The van der Waals surface area contributed by atoms with E-state index < -0.39 is 0 Å². The molecule has 0 amide bonds. The summed E-state index contributed by atoms with van der Waals surface area (Å²) in [5.74, 6) is 1.35. The average molecular weight is 405 g/mol. The molecule has 0 fully saturated rings. The van der Waals surface area contributed by atoms with E-state index in [1.807, 2.05) is 28.8 Å². The molecule has 0 saturated carbocycles. The van der Waals surface area contributed by atoms with Crippen molar-refractivity contribution in [3.63, 3.8) is 0 Å². The normalized spacial score (nSPS) is 11.2. The average Bonchev–Trinajstić information content (AvgIpc) is 2.79. The summed E-state index contributed by atoms with van der Waals surface area (Å²) in [7, 11) is 0. The van der Waals surface area contributed by atoms with E-state index in [4.69, 9.17) is 34.8 Å². The second-order valence-electron chi connectivity index (χ2n) is 4.53. The number of fused-ring (bicyclic) bond motifs is 1. The molecule has 0 N–H and O–H groups in total. The van der Waals surface area contributed by atoms with E-state index in [-0.39, 0.29) is 0 Å². The van der Waals surface area contributed by atoms with Gasteiger partial charge in [0.2, 0.25) is 0 Å². The zero-order valence-electron chi connectivity index (χ0n) is 10.8. The van der Waals surface area contributed by atoms with Gasteiger partial charge in [0.15, 0.2) is 0 Å². The summed E-state index contributed by atoms with van der Waals surface area (Å²) in [5.41, 5.74) is 2.68. The Hall–Kier alpha value is -0.740. The number of hydrogen-bond donors (Lipinski definition) is 0. The zero-order chi connectivity index (χ0) is 15.0. The molecule has 21 heavy (non-hydrogen) atoms. The number of alkyl halides is 1. The van der Waals surface area contributed by atoms with Crippen molar-refractivity contribution in [1.29, 1.82) is 0 Å². The minimum absolute atomic E-state index is 0.489. The molecule has 0 aliphatic carbocycles. The van der Waals surface area contributed by atoms with E-state index in [0.717, 1.165) is 27.0 Å². The van der Waals surface area contributed by atoms with Crippen LogP contribution >= 0.6 is 50.7 Å². The van der Waals surface area contributed by atoms with E-state index in [0.29, 0.717) is 22.3 Å². The summed E-state index contributed by atoms with van der Waals surface area (Å²) in [4.78, 5) is 4.66. The quantitative estimate of drug-likeness (QED) is 0.499. The van der Waals surface area contributed by atoms with Gasteiger partial charge in [-0.3, -0.25) is 4.57 Å². The van der Waals surface area contributed by atoms with Crippen LogP contribution in [0.4, 0.5) is 0 Å². The van der Waals surface area contributed by atoms with Crippen LogP contribution in [0.25, 0.3) is 16.7 Å². The van der Waals surface area contributed by atoms with Crippen LogP contribution in [0.5, 0.6) is 0 Å². The minimum Gasteiger partial charge on any atom is -0.295 e. The van der Waals surface area contributed by atoms with Gasteiger partial charge < -0.3 is 0 Å². The van der Waals surface area contributed by atoms with E-state index >= 15 is 0 Å². The van der Waals surface area contributed by atoms with Gasteiger partial charge in [0.05, 0.1) is 21.7 Å². The highest BCUT2D eigenvalue weighted by molar-refractivity contribution is 9.10. The van der Waals surface area contributed by atoms with Gasteiger partial charge in [0.25, 0.3) is 0 Å². The molecule has 0 aliphatic rings. The Labute approximate surface area is 145 Å². The number of aryl methyl sites for hydroxylation is 1. The molecule has 2 aromatic carbocycles. The smallest absolute Gasteiger partial charge is 0.115 e. The van der Waals surface area contributed by atoms with Crippen LogP contribution < -0.4 is 0 Å².